The molecule has 0 radical (unpaired) electrons. The summed E-state index contributed by atoms with van der Waals surface area (Å²) < 4.78 is 40.2. The standard InChI is InChI=1S/C8H6Br3F3O2/c1-2-3-16-6(15)4-5(7(9,10)11)8(12,13)14/h2,4H,1,3H2/b5-4-. The van der Waals surface area contributed by atoms with Gasteiger partial charge in [-0.1, -0.05) is 60.4 Å². The van der Waals surface area contributed by atoms with Gasteiger partial charge >= 0.3 is 12.1 Å². The SMILES string of the molecule is C=CCOC(=O)/C=C(\C(F)(F)F)C(Br)(Br)Br. The van der Waals surface area contributed by atoms with Crippen LogP contribution in [0.3, 0.4) is 0 Å². The van der Waals surface area contributed by atoms with Gasteiger partial charge in [-0.2, -0.15) is 13.2 Å². The van der Waals surface area contributed by atoms with Gasteiger partial charge in [0.15, 0.2) is 2.14 Å². The van der Waals surface area contributed by atoms with E-state index >= 15 is 0 Å². The second kappa shape index (κ2) is 6.20. The summed E-state index contributed by atoms with van der Waals surface area (Å²) in [6, 6.07) is 0. The lowest BCUT2D eigenvalue weighted by Crippen LogP contribution is -2.24. The molecule has 0 rings (SSSR count). The summed E-state index contributed by atoms with van der Waals surface area (Å²) >= 11 is 8.08. The van der Waals surface area contributed by atoms with Crippen molar-refractivity contribution in [3.8, 4) is 0 Å². The minimum atomic E-state index is -4.68. The lowest BCUT2D eigenvalue weighted by Gasteiger charge is -2.19. The predicted molar refractivity (Wildman–Crippen MR) is 64.8 cm³/mol. The van der Waals surface area contributed by atoms with Crippen molar-refractivity contribution < 1.29 is 22.7 Å². The van der Waals surface area contributed by atoms with Crippen LogP contribution in [-0.4, -0.2) is 20.9 Å². The number of esters is 1. The minimum Gasteiger partial charge on any atom is -0.458 e. The first kappa shape index (κ1) is 16.2. The largest absolute Gasteiger partial charge is 0.458 e. The average Bonchev–Trinajstić information content (AvgIpc) is 2.07. The van der Waals surface area contributed by atoms with Gasteiger partial charge in [0.25, 0.3) is 0 Å². The quantitative estimate of drug-likeness (QED) is 0.292. The van der Waals surface area contributed by atoms with E-state index in [-0.39, 0.29) is 6.61 Å². The predicted octanol–water partition coefficient (Wildman–Crippen LogP) is 4.04. The molecule has 0 heterocycles. The van der Waals surface area contributed by atoms with E-state index in [1.54, 1.807) is 0 Å². The van der Waals surface area contributed by atoms with Crippen LogP contribution < -0.4 is 0 Å². The van der Waals surface area contributed by atoms with Gasteiger partial charge in [-0.25, -0.2) is 4.79 Å². The molecule has 0 saturated carbocycles. The molecular formula is C8H6Br3F3O2. The summed E-state index contributed by atoms with van der Waals surface area (Å²) in [5.41, 5.74) is -1.16. The molecule has 0 aliphatic heterocycles. The zero-order valence-electron chi connectivity index (χ0n) is 7.65. The molecule has 2 nitrogen and oxygen atoms in total. The van der Waals surface area contributed by atoms with Crippen LogP contribution in [0.1, 0.15) is 0 Å². The number of ether oxygens (including phenoxy) is 1. The summed E-state index contributed by atoms with van der Waals surface area (Å²) in [4.78, 5) is 11.0. The lowest BCUT2D eigenvalue weighted by atomic mass is 10.3. The molecule has 0 bridgehead atoms. The lowest BCUT2D eigenvalue weighted by molar-refractivity contribution is -0.137. The molecular weight excluding hydrogens is 425 g/mol. The van der Waals surface area contributed by atoms with E-state index in [0.717, 1.165) is 0 Å². The van der Waals surface area contributed by atoms with Crippen molar-refractivity contribution in [1.82, 2.24) is 0 Å². The van der Waals surface area contributed by atoms with Crippen molar-refractivity contribution in [2.24, 2.45) is 0 Å². The zero-order valence-corrected chi connectivity index (χ0v) is 12.4. The van der Waals surface area contributed by atoms with Crippen molar-refractivity contribution in [1.29, 1.82) is 0 Å². The Morgan fingerprint density at radius 3 is 2.12 bits per heavy atom. The van der Waals surface area contributed by atoms with Crippen LogP contribution >= 0.6 is 47.8 Å². The number of allylic oxidation sites excluding steroid dienone is 1. The minimum absolute atomic E-state index is 0.152. The van der Waals surface area contributed by atoms with Crippen molar-refractivity contribution in [2.75, 3.05) is 6.61 Å². The van der Waals surface area contributed by atoms with E-state index in [2.05, 4.69) is 59.1 Å². The first-order valence-electron chi connectivity index (χ1n) is 3.72. The first-order chi connectivity index (χ1) is 7.09. The summed E-state index contributed by atoms with van der Waals surface area (Å²) in [6.07, 6.45) is -3.08. The Kier molecular flexibility index (Phi) is 6.27. The van der Waals surface area contributed by atoms with Crippen LogP contribution in [0.2, 0.25) is 0 Å². The smallest absolute Gasteiger partial charge is 0.415 e. The van der Waals surface area contributed by atoms with Crippen molar-refractivity contribution in [2.45, 2.75) is 8.32 Å². The molecule has 0 N–H and O–H groups in total. The molecule has 0 spiro atoms. The van der Waals surface area contributed by atoms with Gasteiger partial charge in [-0.3, -0.25) is 0 Å². The normalized spacial score (nSPS) is 13.5. The first-order valence-corrected chi connectivity index (χ1v) is 6.10. The third-order valence-electron chi connectivity index (χ3n) is 1.22. The zero-order chi connectivity index (χ0) is 13.0. The Morgan fingerprint density at radius 2 is 1.81 bits per heavy atom. The van der Waals surface area contributed by atoms with Crippen molar-refractivity contribution >= 4 is 53.8 Å². The van der Waals surface area contributed by atoms with Crippen LogP contribution in [0.4, 0.5) is 13.2 Å². The molecule has 0 saturated heterocycles. The fraction of sp³-hybridized carbons (Fsp3) is 0.375. The Bertz CT molecular complexity index is 289. The van der Waals surface area contributed by atoms with E-state index in [1.165, 1.54) is 6.08 Å². The van der Waals surface area contributed by atoms with Crippen molar-refractivity contribution in [3.63, 3.8) is 0 Å². The van der Waals surface area contributed by atoms with Gasteiger partial charge in [-0.15, -0.1) is 0 Å². The van der Waals surface area contributed by atoms with Crippen LogP contribution in [0.25, 0.3) is 0 Å². The molecule has 0 aromatic carbocycles. The Balaban J connectivity index is 4.99. The summed E-state index contributed by atoms with van der Waals surface area (Å²) in [5.74, 6) is -1.10. The maximum atomic E-state index is 12.5. The molecule has 0 aliphatic carbocycles. The second-order valence-electron chi connectivity index (χ2n) is 2.47. The van der Waals surface area contributed by atoms with E-state index in [9.17, 15) is 18.0 Å². The van der Waals surface area contributed by atoms with Gasteiger partial charge in [0.2, 0.25) is 0 Å². The number of hydrogen-bond acceptors (Lipinski definition) is 2. The third-order valence-corrected chi connectivity index (χ3v) is 2.50. The van der Waals surface area contributed by atoms with Gasteiger partial charge in [0.1, 0.15) is 6.61 Å². The second-order valence-corrected chi connectivity index (χ2v) is 9.23. The Labute approximate surface area is 115 Å². The Morgan fingerprint density at radius 1 is 1.31 bits per heavy atom. The van der Waals surface area contributed by atoms with E-state index < -0.39 is 19.9 Å². The molecule has 92 valence electrons. The molecule has 0 aliphatic rings. The highest BCUT2D eigenvalue weighted by atomic mass is 80.0. The van der Waals surface area contributed by atoms with Gasteiger partial charge in [-0.05, 0) is 0 Å². The van der Waals surface area contributed by atoms with Gasteiger partial charge in [0.05, 0.1) is 5.57 Å². The summed E-state index contributed by atoms with van der Waals surface area (Å²) in [7, 11) is 0. The van der Waals surface area contributed by atoms with Crippen LogP contribution in [0.15, 0.2) is 24.3 Å². The number of halogens is 6. The highest BCUT2D eigenvalue weighted by Gasteiger charge is 2.45. The molecule has 0 unspecified atom stereocenters. The number of hydrogen-bond donors (Lipinski definition) is 0. The van der Waals surface area contributed by atoms with Crippen LogP contribution in [-0.2, 0) is 9.53 Å². The van der Waals surface area contributed by atoms with E-state index in [1.807, 2.05) is 0 Å². The fourth-order valence-corrected chi connectivity index (χ4v) is 1.64. The molecule has 8 heteroatoms. The van der Waals surface area contributed by atoms with Crippen LogP contribution in [0, 0.1) is 0 Å². The highest BCUT2D eigenvalue weighted by Crippen LogP contribution is 2.47. The number of carbonyl (C=O) groups is 1. The summed E-state index contributed by atoms with van der Waals surface area (Å²) in [6.45, 7) is 3.11. The average molecular weight is 431 g/mol. The van der Waals surface area contributed by atoms with Crippen LogP contribution in [0.5, 0.6) is 0 Å². The number of rotatable bonds is 3. The molecule has 0 atom stereocenters. The van der Waals surface area contributed by atoms with Gasteiger partial charge < -0.3 is 4.74 Å². The van der Waals surface area contributed by atoms with Gasteiger partial charge in [0, 0.05) is 6.08 Å². The monoisotopic (exact) mass is 428 g/mol. The fourth-order valence-electron chi connectivity index (χ4n) is 0.625. The third kappa shape index (κ3) is 6.05. The molecule has 0 amide bonds. The molecule has 0 aromatic heterocycles. The molecule has 0 aromatic rings. The van der Waals surface area contributed by atoms with E-state index in [0.29, 0.717) is 6.08 Å². The number of alkyl halides is 6. The van der Waals surface area contributed by atoms with E-state index in [4.69, 9.17) is 0 Å². The van der Waals surface area contributed by atoms with Crippen molar-refractivity contribution in [3.05, 3.63) is 24.3 Å². The molecule has 16 heavy (non-hydrogen) atoms. The highest BCUT2D eigenvalue weighted by molar-refractivity contribution is 9.39. The maximum absolute atomic E-state index is 12.5. The molecule has 0 fully saturated rings. The Hall–Kier alpha value is 0.180. The maximum Gasteiger partial charge on any atom is 0.415 e. The topological polar surface area (TPSA) is 26.3 Å². The number of carbonyl (C=O) groups excluding carboxylic acids is 1. The summed E-state index contributed by atoms with van der Waals surface area (Å²) in [5, 5.41) is 0.